The summed E-state index contributed by atoms with van der Waals surface area (Å²) in [6.07, 6.45) is 18.9. The number of hydrogen-bond donors (Lipinski definition) is 0. The van der Waals surface area contributed by atoms with E-state index in [1.54, 1.807) is 0 Å². The molecular weight excluding hydrogens is 279 g/mol. The summed E-state index contributed by atoms with van der Waals surface area (Å²) < 4.78 is 15.6. The van der Waals surface area contributed by atoms with Gasteiger partial charge < -0.3 is 0 Å². The zero-order valence-electron chi connectivity index (χ0n) is 14.7. The number of hydrogen-bond acceptors (Lipinski definition) is 2. The van der Waals surface area contributed by atoms with E-state index < -0.39 is 0 Å². The normalized spacial score (nSPS) is 12.1. The summed E-state index contributed by atoms with van der Waals surface area (Å²) in [5.74, 6) is 0. The first kappa shape index (κ1) is 21.1. The first-order chi connectivity index (χ1) is 10.1. The largest absolute Gasteiger partial charge is 0.327 e. The van der Waals surface area contributed by atoms with Gasteiger partial charge in [-0.15, -0.1) is 0 Å². The van der Waals surface area contributed by atoms with Crippen LogP contribution in [-0.2, 0) is 9.09 Å². The summed E-state index contributed by atoms with van der Waals surface area (Å²) in [5, 5.41) is 0. The third-order valence-electron chi connectivity index (χ3n) is 4.17. The highest BCUT2D eigenvalue weighted by Crippen LogP contribution is 2.23. The van der Waals surface area contributed by atoms with Gasteiger partial charge in [-0.3, -0.25) is 4.52 Å². The molecule has 0 saturated heterocycles. The molecule has 0 atom stereocenters. The van der Waals surface area contributed by atoms with Gasteiger partial charge in [0.15, 0.2) is 0 Å². The van der Waals surface area contributed by atoms with Crippen molar-refractivity contribution in [2.24, 2.45) is 0 Å². The molecule has 2 nitrogen and oxygen atoms in total. The van der Waals surface area contributed by atoms with E-state index in [4.69, 9.17) is 4.52 Å². The van der Waals surface area contributed by atoms with Crippen LogP contribution in [0.25, 0.3) is 0 Å². The molecule has 0 spiro atoms. The standard InChI is InChI=1S/C18H37O2P/c1-4-5-6-7-8-9-10-11-12-13-14-15-16-17-18(2,3)20-21-19/h4-17H2,1-3H3. The predicted octanol–water partition coefficient (Wildman–Crippen LogP) is 7.47. The van der Waals surface area contributed by atoms with Crippen molar-refractivity contribution in [3.8, 4) is 0 Å². The Balaban J connectivity index is 3.14. The maximum absolute atomic E-state index is 10.4. The minimum atomic E-state index is -0.235. The third kappa shape index (κ3) is 16.3. The molecule has 0 aromatic heterocycles. The minimum absolute atomic E-state index is 0.193. The molecule has 0 N–H and O–H groups in total. The summed E-state index contributed by atoms with van der Waals surface area (Å²) in [4.78, 5) is 0. The SMILES string of the molecule is CCCCCCCCCCCCCCCC(C)(C)OP=O. The van der Waals surface area contributed by atoms with Crippen molar-refractivity contribution in [1.82, 2.24) is 0 Å². The molecule has 0 aliphatic heterocycles. The summed E-state index contributed by atoms with van der Waals surface area (Å²) in [7, 11) is -0.193. The Morgan fingerprint density at radius 3 is 1.48 bits per heavy atom. The molecule has 0 aromatic rings. The van der Waals surface area contributed by atoms with Crippen LogP contribution in [0, 0.1) is 0 Å². The van der Waals surface area contributed by atoms with Crippen molar-refractivity contribution in [3.63, 3.8) is 0 Å². The molecule has 0 fully saturated rings. The van der Waals surface area contributed by atoms with Crippen LogP contribution in [0.1, 0.15) is 111 Å². The molecule has 21 heavy (non-hydrogen) atoms. The van der Waals surface area contributed by atoms with Crippen LogP contribution in [0.15, 0.2) is 0 Å². The summed E-state index contributed by atoms with van der Waals surface area (Å²) in [6, 6.07) is 0. The Bertz CT molecular complexity index is 229. The van der Waals surface area contributed by atoms with E-state index in [-0.39, 0.29) is 14.3 Å². The first-order valence-electron chi connectivity index (χ1n) is 9.13. The van der Waals surface area contributed by atoms with Gasteiger partial charge in [0.2, 0.25) is 0 Å². The predicted molar refractivity (Wildman–Crippen MR) is 93.1 cm³/mol. The van der Waals surface area contributed by atoms with Gasteiger partial charge in [-0.05, 0) is 20.3 Å². The molecule has 0 unspecified atom stereocenters. The zero-order valence-corrected chi connectivity index (χ0v) is 15.6. The van der Waals surface area contributed by atoms with Crippen molar-refractivity contribution in [2.45, 2.75) is 116 Å². The van der Waals surface area contributed by atoms with Crippen LogP contribution in [-0.4, -0.2) is 5.60 Å². The van der Waals surface area contributed by atoms with Crippen molar-refractivity contribution >= 4 is 8.69 Å². The highest BCUT2D eigenvalue weighted by atomic mass is 31.1. The molecule has 0 saturated carbocycles. The van der Waals surface area contributed by atoms with Crippen molar-refractivity contribution < 1.29 is 9.09 Å². The molecule has 0 heterocycles. The van der Waals surface area contributed by atoms with Crippen LogP contribution in [0.5, 0.6) is 0 Å². The topological polar surface area (TPSA) is 26.3 Å². The maximum atomic E-state index is 10.4. The average Bonchev–Trinajstić information content (AvgIpc) is 2.44. The van der Waals surface area contributed by atoms with Gasteiger partial charge in [-0.1, -0.05) is 90.4 Å². The van der Waals surface area contributed by atoms with E-state index in [9.17, 15) is 4.57 Å². The van der Waals surface area contributed by atoms with Crippen molar-refractivity contribution in [2.75, 3.05) is 0 Å². The number of unbranched alkanes of at least 4 members (excludes halogenated alkanes) is 12. The molecule has 3 heteroatoms. The third-order valence-corrected chi connectivity index (χ3v) is 4.74. The Labute approximate surface area is 134 Å². The summed E-state index contributed by atoms with van der Waals surface area (Å²) in [5.41, 5.74) is -0.235. The van der Waals surface area contributed by atoms with Crippen LogP contribution >= 0.6 is 8.69 Å². The Kier molecular flexibility index (Phi) is 15.0. The van der Waals surface area contributed by atoms with E-state index in [1.165, 1.54) is 83.5 Å². The van der Waals surface area contributed by atoms with E-state index >= 15 is 0 Å². The lowest BCUT2D eigenvalue weighted by atomic mass is 9.99. The van der Waals surface area contributed by atoms with Gasteiger partial charge >= 0.3 is 8.69 Å². The summed E-state index contributed by atoms with van der Waals surface area (Å²) in [6.45, 7) is 6.30. The van der Waals surface area contributed by atoms with Crippen LogP contribution in [0.3, 0.4) is 0 Å². The highest BCUT2D eigenvalue weighted by Gasteiger charge is 2.17. The molecule has 0 aromatic carbocycles. The van der Waals surface area contributed by atoms with E-state index in [2.05, 4.69) is 6.92 Å². The molecule has 0 amide bonds. The lowest BCUT2D eigenvalue weighted by Crippen LogP contribution is -2.19. The van der Waals surface area contributed by atoms with Gasteiger partial charge in [0.05, 0.1) is 5.60 Å². The summed E-state index contributed by atoms with van der Waals surface area (Å²) >= 11 is 0. The molecule has 0 aliphatic rings. The van der Waals surface area contributed by atoms with Gasteiger partial charge in [0, 0.05) is 0 Å². The van der Waals surface area contributed by atoms with Gasteiger partial charge in [-0.25, -0.2) is 4.57 Å². The minimum Gasteiger partial charge on any atom is -0.288 e. The Morgan fingerprint density at radius 1 is 0.714 bits per heavy atom. The van der Waals surface area contributed by atoms with E-state index in [1.807, 2.05) is 13.8 Å². The molecule has 0 radical (unpaired) electrons. The molecule has 0 rings (SSSR count). The van der Waals surface area contributed by atoms with Crippen LogP contribution < -0.4 is 0 Å². The number of rotatable bonds is 16. The quantitative estimate of drug-likeness (QED) is 0.218. The smallest absolute Gasteiger partial charge is 0.288 e. The average molecular weight is 316 g/mol. The molecule has 126 valence electrons. The lowest BCUT2D eigenvalue weighted by Gasteiger charge is -2.20. The Morgan fingerprint density at radius 2 is 1.10 bits per heavy atom. The first-order valence-corrected chi connectivity index (χ1v) is 9.86. The zero-order chi connectivity index (χ0) is 15.8. The fourth-order valence-electron chi connectivity index (χ4n) is 2.72. The van der Waals surface area contributed by atoms with Crippen LogP contribution in [0.4, 0.5) is 0 Å². The highest BCUT2D eigenvalue weighted by molar-refractivity contribution is 7.17. The fraction of sp³-hybridized carbons (Fsp3) is 1.00. The second-order valence-corrected chi connectivity index (χ2v) is 7.25. The second-order valence-electron chi connectivity index (χ2n) is 6.92. The molecular formula is C18H37O2P. The second kappa shape index (κ2) is 15.0. The van der Waals surface area contributed by atoms with E-state index in [0.717, 1.165) is 6.42 Å². The van der Waals surface area contributed by atoms with Gasteiger partial charge in [0.25, 0.3) is 0 Å². The van der Waals surface area contributed by atoms with Gasteiger partial charge in [-0.2, -0.15) is 0 Å². The van der Waals surface area contributed by atoms with Gasteiger partial charge in [0.1, 0.15) is 0 Å². The molecule has 0 aliphatic carbocycles. The van der Waals surface area contributed by atoms with E-state index in [0.29, 0.717) is 0 Å². The fourth-order valence-corrected chi connectivity index (χ4v) is 3.01. The monoisotopic (exact) mass is 316 g/mol. The van der Waals surface area contributed by atoms with Crippen LogP contribution in [0.2, 0.25) is 0 Å². The maximum Gasteiger partial charge on any atom is 0.327 e. The molecule has 0 bridgehead atoms. The van der Waals surface area contributed by atoms with Crippen molar-refractivity contribution in [3.05, 3.63) is 0 Å². The Hall–Kier alpha value is 0.0600. The van der Waals surface area contributed by atoms with Crippen molar-refractivity contribution in [1.29, 1.82) is 0 Å². The lowest BCUT2D eigenvalue weighted by molar-refractivity contribution is 0.113.